The number of carbonyl (C=O) groups is 2. The molecule has 126 valence electrons. The van der Waals surface area contributed by atoms with Crippen LogP contribution in [0.5, 0.6) is 0 Å². The van der Waals surface area contributed by atoms with Crippen molar-refractivity contribution in [1.29, 1.82) is 0 Å². The number of carbonyl (C=O) groups excluding carboxylic acids is 1. The number of rotatable bonds is 4. The van der Waals surface area contributed by atoms with E-state index in [9.17, 15) is 14.7 Å². The van der Waals surface area contributed by atoms with E-state index in [0.717, 1.165) is 11.3 Å². The van der Waals surface area contributed by atoms with Crippen molar-refractivity contribution in [3.8, 4) is 5.69 Å². The summed E-state index contributed by atoms with van der Waals surface area (Å²) in [4.78, 5) is 25.4. The lowest BCUT2D eigenvalue weighted by Gasteiger charge is -2.34. The summed E-state index contributed by atoms with van der Waals surface area (Å²) in [7, 11) is 0. The third-order valence-corrected chi connectivity index (χ3v) is 4.42. The first-order valence-electron chi connectivity index (χ1n) is 8.12. The first-order valence-corrected chi connectivity index (χ1v) is 8.12. The predicted molar refractivity (Wildman–Crippen MR) is 88.8 cm³/mol. The summed E-state index contributed by atoms with van der Waals surface area (Å²) < 4.78 is 1.76. The van der Waals surface area contributed by atoms with Crippen molar-refractivity contribution in [3.05, 3.63) is 48.3 Å². The SMILES string of the molecule is CC1CC(C(=O)O)CN(C(=O)Cc2ccc(-n3cccn3)cc2)C1. The van der Waals surface area contributed by atoms with Crippen molar-refractivity contribution < 1.29 is 14.7 Å². The molecule has 1 aromatic heterocycles. The second-order valence-electron chi connectivity index (χ2n) is 6.47. The van der Waals surface area contributed by atoms with Crippen LogP contribution in [0.2, 0.25) is 0 Å². The van der Waals surface area contributed by atoms with Crippen molar-refractivity contribution in [3.63, 3.8) is 0 Å². The van der Waals surface area contributed by atoms with Crippen LogP contribution in [0.4, 0.5) is 0 Å². The van der Waals surface area contributed by atoms with Gasteiger partial charge in [0.1, 0.15) is 0 Å². The minimum Gasteiger partial charge on any atom is -0.481 e. The Labute approximate surface area is 140 Å². The van der Waals surface area contributed by atoms with Crippen LogP contribution < -0.4 is 0 Å². The van der Waals surface area contributed by atoms with E-state index in [1.54, 1.807) is 15.8 Å². The number of carboxylic acid groups (broad SMARTS) is 1. The van der Waals surface area contributed by atoms with Gasteiger partial charge in [-0.1, -0.05) is 19.1 Å². The minimum atomic E-state index is -0.817. The maximum absolute atomic E-state index is 12.5. The Hall–Kier alpha value is -2.63. The van der Waals surface area contributed by atoms with Gasteiger partial charge in [-0.25, -0.2) is 4.68 Å². The second kappa shape index (κ2) is 6.86. The summed E-state index contributed by atoms with van der Waals surface area (Å²) in [5.41, 5.74) is 1.86. The highest BCUT2D eigenvalue weighted by Crippen LogP contribution is 2.22. The number of carboxylic acids is 1. The first-order chi connectivity index (χ1) is 11.5. The summed E-state index contributed by atoms with van der Waals surface area (Å²) in [6.45, 7) is 2.94. The van der Waals surface area contributed by atoms with Gasteiger partial charge in [-0.15, -0.1) is 0 Å². The molecule has 0 bridgehead atoms. The molecule has 0 radical (unpaired) electrons. The predicted octanol–water partition coefficient (Wildman–Crippen LogP) is 1.98. The van der Waals surface area contributed by atoms with E-state index in [1.165, 1.54) is 0 Å². The van der Waals surface area contributed by atoms with Crippen molar-refractivity contribution >= 4 is 11.9 Å². The fraction of sp³-hybridized carbons (Fsp3) is 0.389. The van der Waals surface area contributed by atoms with E-state index in [-0.39, 0.29) is 11.8 Å². The molecule has 1 aliphatic rings. The second-order valence-corrected chi connectivity index (χ2v) is 6.47. The molecular weight excluding hydrogens is 306 g/mol. The molecule has 0 saturated carbocycles. The van der Waals surface area contributed by atoms with Crippen LogP contribution in [0.1, 0.15) is 18.9 Å². The highest BCUT2D eigenvalue weighted by Gasteiger charge is 2.31. The Balaban J connectivity index is 1.65. The lowest BCUT2D eigenvalue weighted by atomic mass is 9.90. The van der Waals surface area contributed by atoms with Crippen LogP contribution in [-0.2, 0) is 16.0 Å². The third kappa shape index (κ3) is 3.64. The summed E-state index contributed by atoms with van der Waals surface area (Å²) in [6, 6.07) is 9.53. The Morgan fingerprint density at radius 2 is 2.00 bits per heavy atom. The lowest BCUT2D eigenvalue weighted by Crippen LogP contribution is -2.46. The Morgan fingerprint density at radius 3 is 2.62 bits per heavy atom. The Kier molecular flexibility index (Phi) is 4.64. The molecule has 1 N–H and O–H groups in total. The number of nitrogens with zero attached hydrogens (tertiary/aromatic N) is 3. The van der Waals surface area contributed by atoms with Gasteiger partial charge in [-0.2, -0.15) is 5.10 Å². The molecule has 6 heteroatoms. The molecular formula is C18H21N3O3. The Morgan fingerprint density at radius 1 is 1.25 bits per heavy atom. The van der Waals surface area contributed by atoms with Gasteiger partial charge in [0.15, 0.2) is 0 Å². The largest absolute Gasteiger partial charge is 0.481 e. The topological polar surface area (TPSA) is 75.4 Å². The summed E-state index contributed by atoms with van der Waals surface area (Å²) >= 11 is 0. The van der Waals surface area contributed by atoms with E-state index in [2.05, 4.69) is 5.10 Å². The van der Waals surface area contributed by atoms with Gasteiger partial charge in [0.25, 0.3) is 0 Å². The molecule has 24 heavy (non-hydrogen) atoms. The van der Waals surface area contributed by atoms with E-state index < -0.39 is 11.9 Å². The number of hydrogen-bond donors (Lipinski definition) is 1. The zero-order valence-corrected chi connectivity index (χ0v) is 13.6. The van der Waals surface area contributed by atoms with Crippen molar-refractivity contribution in [2.45, 2.75) is 19.8 Å². The van der Waals surface area contributed by atoms with E-state index >= 15 is 0 Å². The summed E-state index contributed by atoms with van der Waals surface area (Å²) in [6.07, 6.45) is 4.51. The van der Waals surface area contributed by atoms with Crippen LogP contribution in [0.3, 0.4) is 0 Å². The maximum Gasteiger partial charge on any atom is 0.308 e. The van der Waals surface area contributed by atoms with Crippen molar-refractivity contribution in [1.82, 2.24) is 14.7 Å². The van der Waals surface area contributed by atoms with Gasteiger partial charge in [-0.3, -0.25) is 9.59 Å². The minimum absolute atomic E-state index is 0.0142. The molecule has 3 rings (SSSR count). The zero-order valence-electron chi connectivity index (χ0n) is 13.6. The normalized spacial score (nSPS) is 20.8. The summed E-state index contributed by atoms with van der Waals surface area (Å²) in [5, 5.41) is 13.4. The van der Waals surface area contributed by atoms with Gasteiger partial charge in [0, 0.05) is 25.5 Å². The molecule has 1 aliphatic heterocycles. The molecule has 1 amide bonds. The van der Waals surface area contributed by atoms with Gasteiger partial charge in [-0.05, 0) is 36.1 Å². The average molecular weight is 327 g/mol. The summed E-state index contributed by atoms with van der Waals surface area (Å²) in [5.74, 6) is -1.08. The quantitative estimate of drug-likeness (QED) is 0.932. The number of aliphatic carboxylic acids is 1. The Bertz CT molecular complexity index is 710. The van der Waals surface area contributed by atoms with Gasteiger partial charge in [0.05, 0.1) is 18.0 Å². The van der Waals surface area contributed by atoms with Crippen LogP contribution in [0, 0.1) is 11.8 Å². The van der Waals surface area contributed by atoms with Gasteiger partial charge < -0.3 is 10.0 Å². The maximum atomic E-state index is 12.5. The molecule has 6 nitrogen and oxygen atoms in total. The zero-order chi connectivity index (χ0) is 17.1. The molecule has 2 unspecified atom stereocenters. The molecule has 2 aromatic rings. The molecule has 1 aromatic carbocycles. The molecule has 2 heterocycles. The molecule has 2 atom stereocenters. The van der Waals surface area contributed by atoms with E-state index in [4.69, 9.17) is 0 Å². The van der Waals surface area contributed by atoms with Gasteiger partial charge in [0.2, 0.25) is 5.91 Å². The first kappa shape index (κ1) is 16.2. The van der Waals surface area contributed by atoms with Crippen molar-refractivity contribution in [2.24, 2.45) is 11.8 Å². The average Bonchev–Trinajstić information content (AvgIpc) is 3.09. The number of benzene rings is 1. The fourth-order valence-electron chi connectivity index (χ4n) is 3.21. The van der Waals surface area contributed by atoms with Crippen molar-refractivity contribution in [2.75, 3.05) is 13.1 Å². The van der Waals surface area contributed by atoms with Crippen LogP contribution >= 0.6 is 0 Å². The van der Waals surface area contributed by atoms with Crippen LogP contribution in [0.25, 0.3) is 5.69 Å². The molecule has 0 aliphatic carbocycles. The molecule has 1 fully saturated rings. The number of hydrogen-bond acceptors (Lipinski definition) is 3. The fourth-order valence-corrected chi connectivity index (χ4v) is 3.21. The third-order valence-electron chi connectivity index (χ3n) is 4.42. The van der Waals surface area contributed by atoms with Gasteiger partial charge >= 0.3 is 5.97 Å². The number of piperidine rings is 1. The van der Waals surface area contributed by atoms with E-state index in [0.29, 0.717) is 25.9 Å². The highest BCUT2D eigenvalue weighted by molar-refractivity contribution is 5.80. The van der Waals surface area contributed by atoms with Crippen LogP contribution in [-0.4, -0.2) is 44.8 Å². The smallest absolute Gasteiger partial charge is 0.308 e. The van der Waals surface area contributed by atoms with E-state index in [1.807, 2.05) is 43.5 Å². The monoisotopic (exact) mass is 327 g/mol. The lowest BCUT2D eigenvalue weighted by molar-refractivity contribution is -0.146. The molecule has 0 spiro atoms. The highest BCUT2D eigenvalue weighted by atomic mass is 16.4. The standard InChI is InChI=1S/C18H21N3O3/c1-13-9-15(18(23)24)12-20(11-13)17(22)10-14-3-5-16(6-4-14)21-8-2-7-19-21/h2-8,13,15H,9-12H2,1H3,(H,23,24). The molecule has 1 saturated heterocycles. The number of amides is 1. The van der Waals surface area contributed by atoms with Crippen LogP contribution in [0.15, 0.2) is 42.7 Å². The number of likely N-dealkylation sites (tertiary alicyclic amines) is 1. The number of aromatic nitrogens is 2.